The molecule has 1 aromatic heterocycles. The highest BCUT2D eigenvalue weighted by Gasteiger charge is 2.23. The quantitative estimate of drug-likeness (QED) is 0.633. The van der Waals surface area contributed by atoms with Crippen LogP contribution in [0.15, 0.2) is 58.1 Å². The molecule has 32 heavy (non-hydrogen) atoms. The van der Waals surface area contributed by atoms with Crippen molar-refractivity contribution in [2.24, 2.45) is 0 Å². The molecule has 0 spiro atoms. The van der Waals surface area contributed by atoms with Crippen LogP contribution >= 0.6 is 0 Å². The molecule has 0 saturated carbocycles. The number of aryl methyl sites for hydroxylation is 1. The molecular formula is C23H23FN4O4. The summed E-state index contributed by atoms with van der Waals surface area (Å²) in [6.07, 6.45) is 1.58. The molecule has 1 fully saturated rings. The molecule has 2 aromatic carbocycles. The number of benzene rings is 2. The minimum absolute atomic E-state index is 0.0824. The Morgan fingerprint density at radius 3 is 2.62 bits per heavy atom. The Morgan fingerprint density at radius 2 is 1.94 bits per heavy atom. The minimum Gasteiger partial charge on any atom is -0.376 e. The number of ether oxygens (including phenoxy) is 1. The highest BCUT2D eigenvalue weighted by molar-refractivity contribution is 5.91. The summed E-state index contributed by atoms with van der Waals surface area (Å²) in [5, 5.41) is 6.59. The van der Waals surface area contributed by atoms with Gasteiger partial charge in [0.25, 0.3) is 11.5 Å². The smallest absolute Gasteiger partial charge is 0.352 e. The Bertz CT molecular complexity index is 1240. The molecule has 8 nitrogen and oxygen atoms in total. The third kappa shape index (κ3) is 4.52. The van der Waals surface area contributed by atoms with Gasteiger partial charge in [-0.3, -0.25) is 14.2 Å². The SMILES string of the molecule is Cc1ccc(Cn2c(=O)c(C(=O)NCC3CCCO3)nn(-c3ccccc3F)c2=O)cc1. The number of amides is 1. The summed E-state index contributed by atoms with van der Waals surface area (Å²) in [7, 11) is 0. The summed E-state index contributed by atoms with van der Waals surface area (Å²) >= 11 is 0. The van der Waals surface area contributed by atoms with Gasteiger partial charge in [-0.05, 0) is 37.5 Å². The Morgan fingerprint density at radius 1 is 1.19 bits per heavy atom. The predicted octanol–water partition coefficient (Wildman–Crippen LogP) is 1.80. The summed E-state index contributed by atoms with van der Waals surface area (Å²) in [5.74, 6) is -1.44. The Kier molecular flexibility index (Phi) is 6.27. The van der Waals surface area contributed by atoms with E-state index in [1.54, 1.807) is 18.2 Å². The molecule has 1 aliphatic rings. The Balaban J connectivity index is 1.77. The summed E-state index contributed by atoms with van der Waals surface area (Å²) in [5.41, 5.74) is -0.605. The number of aromatic nitrogens is 3. The summed E-state index contributed by atoms with van der Waals surface area (Å²) in [6, 6.07) is 12.8. The zero-order chi connectivity index (χ0) is 22.7. The maximum atomic E-state index is 14.4. The Labute approximate surface area is 183 Å². The number of hydrogen-bond donors (Lipinski definition) is 1. The zero-order valence-electron chi connectivity index (χ0n) is 17.6. The molecular weight excluding hydrogens is 415 g/mol. The maximum Gasteiger partial charge on any atom is 0.352 e. The van der Waals surface area contributed by atoms with Crippen molar-refractivity contribution < 1.29 is 13.9 Å². The number of nitrogens with one attached hydrogen (secondary N) is 1. The molecule has 9 heteroatoms. The van der Waals surface area contributed by atoms with Crippen molar-refractivity contribution in [3.8, 4) is 5.69 Å². The van der Waals surface area contributed by atoms with Gasteiger partial charge in [-0.1, -0.05) is 42.0 Å². The fraction of sp³-hybridized carbons (Fsp3) is 0.304. The predicted molar refractivity (Wildman–Crippen MR) is 116 cm³/mol. The molecule has 0 aliphatic carbocycles. The topological polar surface area (TPSA) is 95.2 Å². The van der Waals surface area contributed by atoms with Gasteiger partial charge in [-0.25, -0.2) is 9.18 Å². The van der Waals surface area contributed by atoms with E-state index in [2.05, 4.69) is 10.4 Å². The second-order valence-corrected chi connectivity index (χ2v) is 7.72. The standard InChI is InChI=1S/C23H23FN4O4/c1-15-8-10-16(11-9-15)14-27-22(30)20(21(29)25-13-17-5-4-12-32-17)26-28(23(27)31)19-7-3-2-6-18(19)24/h2-3,6-11,17H,4-5,12-14H2,1H3,(H,25,29). The summed E-state index contributed by atoms with van der Waals surface area (Å²) in [6.45, 7) is 2.68. The van der Waals surface area contributed by atoms with Gasteiger partial charge in [0, 0.05) is 13.2 Å². The molecule has 4 rings (SSSR count). The highest BCUT2D eigenvalue weighted by Crippen LogP contribution is 2.11. The van der Waals surface area contributed by atoms with Crippen LogP contribution in [0.4, 0.5) is 4.39 Å². The third-order valence-electron chi connectivity index (χ3n) is 5.33. The first-order valence-electron chi connectivity index (χ1n) is 10.4. The molecule has 0 bridgehead atoms. The van der Waals surface area contributed by atoms with E-state index in [-0.39, 0.29) is 24.9 Å². The number of para-hydroxylation sites is 1. The fourth-order valence-corrected chi connectivity index (χ4v) is 3.55. The van der Waals surface area contributed by atoms with Gasteiger partial charge in [0.1, 0.15) is 11.5 Å². The zero-order valence-corrected chi connectivity index (χ0v) is 17.6. The first-order valence-corrected chi connectivity index (χ1v) is 10.4. The van der Waals surface area contributed by atoms with Gasteiger partial charge in [0.15, 0.2) is 0 Å². The molecule has 1 saturated heterocycles. The van der Waals surface area contributed by atoms with E-state index < -0.39 is 28.7 Å². The molecule has 1 atom stereocenters. The Hall–Kier alpha value is -3.59. The number of rotatable bonds is 6. The van der Waals surface area contributed by atoms with Crippen molar-refractivity contribution in [3.05, 3.63) is 92.0 Å². The van der Waals surface area contributed by atoms with E-state index in [1.807, 2.05) is 19.1 Å². The molecule has 1 amide bonds. The van der Waals surface area contributed by atoms with Crippen molar-refractivity contribution in [1.29, 1.82) is 0 Å². The van der Waals surface area contributed by atoms with Crippen LogP contribution in [0, 0.1) is 12.7 Å². The van der Waals surface area contributed by atoms with E-state index >= 15 is 0 Å². The van der Waals surface area contributed by atoms with E-state index in [0.29, 0.717) is 12.2 Å². The van der Waals surface area contributed by atoms with Crippen LogP contribution in [0.1, 0.15) is 34.5 Å². The highest BCUT2D eigenvalue weighted by atomic mass is 19.1. The lowest BCUT2D eigenvalue weighted by Gasteiger charge is -2.14. The monoisotopic (exact) mass is 438 g/mol. The first kappa shape index (κ1) is 21.6. The van der Waals surface area contributed by atoms with Crippen molar-refractivity contribution in [3.63, 3.8) is 0 Å². The third-order valence-corrected chi connectivity index (χ3v) is 5.33. The maximum absolute atomic E-state index is 14.4. The molecule has 1 aliphatic heterocycles. The summed E-state index contributed by atoms with van der Waals surface area (Å²) in [4.78, 5) is 39.0. The fourth-order valence-electron chi connectivity index (χ4n) is 3.55. The van der Waals surface area contributed by atoms with Gasteiger partial charge in [-0.15, -0.1) is 0 Å². The lowest BCUT2D eigenvalue weighted by Crippen LogP contribution is -2.46. The lowest BCUT2D eigenvalue weighted by atomic mass is 10.1. The van der Waals surface area contributed by atoms with Crippen molar-refractivity contribution in [2.75, 3.05) is 13.2 Å². The van der Waals surface area contributed by atoms with Crippen LogP contribution in [-0.2, 0) is 11.3 Å². The molecule has 2 heterocycles. The van der Waals surface area contributed by atoms with Crippen LogP contribution in [0.5, 0.6) is 0 Å². The number of carbonyl (C=O) groups is 1. The van der Waals surface area contributed by atoms with Crippen LogP contribution < -0.4 is 16.6 Å². The molecule has 166 valence electrons. The van der Waals surface area contributed by atoms with E-state index in [0.717, 1.165) is 27.7 Å². The normalized spacial score (nSPS) is 15.6. The lowest BCUT2D eigenvalue weighted by molar-refractivity contribution is 0.0849. The molecule has 1 unspecified atom stereocenters. The van der Waals surface area contributed by atoms with E-state index in [9.17, 15) is 18.8 Å². The van der Waals surface area contributed by atoms with Gasteiger partial charge < -0.3 is 10.1 Å². The number of hydrogen-bond acceptors (Lipinski definition) is 5. The van der Waals surface area contributed by atoms with E-state index in [4.69, 9.17) is 4.74 Å². The number of carbonyl (C=O) groups excluding carboxylic acids is 1. The van der Waals surface area contributed by atoms with E-state index in [1.165, 1.54) is 18.2 Å². The van der Waals surface area contributed by atoms with Crippen LogP contribution in [0.2, 0.25) is 0 Å². The average Bonchev–Trinajstić information content (AvgIpc) is 3.31. The summed E-state index contributed by atoms with van der Waals surface area (Å²) < 4.78 is 21.6. The van der Waals surface area contributed by atoms with Crippen LogP contribution in [0.3, 0.4) is 0 Å². The largest absolute Gasteiger partial charge is 0.376 e. The second kappa shape index (κ2) is 9.27. The molecule has 1 N–H and O–H groups in total. The number of nitrogens with zero attached hydrogens (tertiary/aromatic N) is 3. The first-order chi connectivity index (χ1) is 15.4. The second-order valence-electron chi connectivity index (χ2n) is 7.72. The minimum atomic E-state index is -0.840. The van der Waals surface area contributed by atoms with Crippen LogP contribution in [0.25, 0.3) is 5.69 Å². The van der Waals surface area contributed by atoms with Gasteiger partial charge in [0.05, 0.1) is 12.6 Å². The molecule has 0 radical (unpaired) electrons. The van der Waals surface area contributed by atoms with Crippen molar-refractivity contribution in [2.45, 2.75) is 32.4 Å². The van der Waals surface area contributed by atoms with Crippen molar-refractivity contribution >= 4 is 5.91 Å². The van der Waals surface area contributed by atoms with Gasteiger partial charge >= 0.3 is 5.69 Å². The molecule has 3 aromatic rings. The van der Waals surface area contributed by atoms with Gasteiger partial charge in [-0.2, -0.15) is 9.78 Å². The average molecular weight is 438 g/mol. The van der Waals surface area contributed by atoms with Gasteiger partial charge in [0.2, 0.25) is 5.69 Å². The van der Waals surface area contributed by atoms with Crippen molar-refractivity contribution in [1.82, 2.24) is 19.7 Å². The van der Waals surface area contributed by atoms with Crippen LogP contribution in [-0.4, -0.2) is 39.5 Å². The number of halogens is 1.